The molecular weight excluding hydrogens is 433 g/mol. The van der Waals surface area contributed by atoms with Crippen molar-refractivity contribution in [3.8, 4) is 5.13 Å². The molecule has 0 fully saturated rings. The van der Waals surface area contributed by atoms with Gasteiger partial charge in [0.25, 0.3) is 5.91 Å². The molecule has 164 valence electrons. The fraction of sp³-hybridized carbons (Fsp3) is 0.238. The van der Waals surface area contributed by atoms with Gasteiger partial charge in [-0.1, -0.05) is 23.5 Å². The molecular formula is C21H20FN7O2S. The van der Waals surface area contributed by atoms with E-state index < -0.39 is 11.7 Å². The van der Waals surface area contributed by atoms with E-state index in [-0.39, 0.29) is 18.3 Å². The minimum absolute atomic E-state index is 0.228. The summed E-state index contributed by atoms with van der Waals surface area (Å²) in [6.07, 6.45) is 4.61. The quantitative estimate of drug-likeness (QED) is 0.481. The van der Waals surface area contributed by atoms with E-state index in [1.807, 2.05) is 6.92 Å². The summed E-state index contributed by atoms with van der Waals surface area (Å²) in [5.74, 6) is -0.661. The molecule has 0 saturated carbocycles. The zero-order valence-corrected chi connectivity index (χ0v) is 18.4. The Morgan fingerprint density at radius 2 is 1.94 bits per heavy atom. The molecule has 4 rings (SSSR count). The van der Waals surface area contributed by atoms with Gasteiger partial charge in [-0.3, -0.25) is 14.8 Å². The Balaban J connectivity index is 1.53. The minimum atomic E-state index is -0.405. The van der Waals surface area contributed by atoms with E-state index in [0.717, 1.165) is 22.6 Å². The van der Waals surface area contributed by atoms with E-state index in [4.69, 9.17) is 0 Å². The SMILES string of the molecule is Cc1cnc(CNC(=O)c2sc(-n3cnn(C(C)c4ccc(F)cc4)c3=O)nc2C)cn1. The molecule has 0 aliphatic rings. The molecule has 1 amide bonds. The largest absolute Gasteiger partial charge is 0.352 e. The van der Waals surface area contributed by atoms with Crippen molar-refractivity contribution < 1.29 is 9.18 Å². The van der Waals surface area contributed by atoms with Crippen molar-refractivity contribution in [2.24, 2.45) is 0 Å². The molecule has 4 aromatic rings. The zero-order valence-electron chi connectivity index (χ0n) is 17.6. The summed E-state index contributed by atoms with van der Waals surface area (Å²) in [6, 6.07) is 5.50. The van der Waals surface area contributed by atoms with E-state index in [9.17, 15) is 14.0 Å². The third-order valence-electron chi connectivity index (χ3n) is 4.87. The summed E-state index contributed by atoms with van der Waals surface area (Å²) >= 11 is 1.10. The molecule has 0 aliphatic heterocycles. The molecule has 3 aromatic heterocycles. The predicted molar refractivity (Wildman–Crippen MR) is 116 cm³/mol. The van der Waals surface area contributed by atoms with Crippen molar-refractivity contribution in [1.29, 1.82) is 0 Å². The van der Waals surface area contributed by atoms with Crippen molar-refractivity contribution >= 4 is 17.2 Å². The Hall–Kier alpha value is -3.73. The van der Waals surface area contributed by atoms with Crippen LogP contribution in [0.3, 0.4) is 0 Å². The molecule has 1 atom stereocenters. The first-order valence-corrected chi connectivity index (χ1v) is 10.6. The topological polar surface area (TPSA) is 108 Å². The fourth-order valence-electron chi connectivity index (χ4n) is 3.05. The van der Waals surface area contributed by atoms with Crippen LogP contribution >= 0.6 is 11.3 Å². The number of thiazole rings is 1. The minimum Gasteiger partial charge on any atom is -0.346 e. The lowest BCUT2D eigenvalue weighted by Crippen LogP contribution is -2.27. The second kappa shape index (κ2) is 8.79. The molecule has 3 heterocycles. The first kappa shape index (κ1) is 21.5. The van der Waals surface area contributed by atoms with Crippen LogP contribution in [0.4, 0.5) is 4.39 Å². The Labute approximate surface area is 186 Å². The van der Waals surface area contributed by atoms with Gasteiger partial charge in [0.05, 0.1) is 35.9 Å². The maximum absolute atomic E-state index is 13.2. The first-order valence-electron chi connectivity index (χ1n) is 9.78. The van der Waals surface area contributed by atoms with E-state index in [0.29, 0.717) is 21.4 Å². The second-order valence-electron chi connectivity index (χ2n) is 7.20. The number of benzene rings is 1. The number of hydrogen-bond donors (Lipinski definition) is 1. The molecule has 0 aliphatic carbocycles. The lowest BCUT2D eigenvalue weighted by molar-refractivity contribution is 0.0953. The maximum Gasteiger partial charge on any atom is 0.352 e. The van der Waals surface area contributed by atoms with Crippen molar-refractivity contribution in [3.05, 3.63) is 86.8 Å². The van der Waals surface area contributed by atoms with Gasteiger partial charge in [0.2, 0.25) is 0 Å². The summed E-state index contributed by atoms with van der Waals surface area (Å²) in [6.45, 7) is 5.57. The average molecular weight is 454 g/mol. The van der Waals surface area contributed by atoms with Gasteiger partial charge in [-0.15, -0.1) is 0 Å². The monoisotopic (exact) mass is 453 g/mol. The predicted octanol–water partition coefficient (Wildman–Crippen LogP) is 2.58. The van der Waals surface area contributed by atoms with Crippen LogP contribution in [0.2, 0.25) is 0 Å². The van der Waals surface area contributed by atoms with Crippen LogP contribution in [-0.2, 0) is 6.54 Å². The standard InChI is InChI=1S/C21H20FN7O2S/c1-12-8-24-17(9-23-12)10-25-19(30)18-13(2)27-20(32-18)28-11-26-29(21(28)31)14(3)15-4-6-16(22)7-5-15/h4-9,11,14H,10H2,1-3H3,(H,25,30). The number of hydrogen-bond acceptors (Lipinski definition) is 7. The lowest BCUT2D eigenvalue weighted by atomic mass is 10.1. The third kappa shape index (κ3) is 4.33. The molecule has 0 radical (unpaired) electrons. The summed E-state index contributed by atoms with van der Waals surface area (Å²) < 4.78 is 15.8. The fourth-order valence-corrected chi connectivity index (χ4v) is 4.00. The Morgan fingerprint density at radius 3 is 2.62 bits per heavy atom. The van der Waals surface area contributed by atoms with Crippen LogP contribution in [0.5, 0.6) is 0 Å². The molecule has 1 aromatic carbocycles. The van der Waals surface area contributed by atoms with E-state index in [2.05, 4.69) is 25.4 Å². The van der Waals surface area contributed by atoms with Gasteiger partial charge >= 0.3 is 5.69 Å². The maximum atomic E-state index is 13.2. The number of nitrogens with zero attached hydrogens (tertiary/aromatic N) is 6. The summed E-state index contributed by atoms with van der Waals surface area (Å²) in [4.78, 5) is 38.7. The highest BCUT2D eigenvalue weighted by Crippen LogP contribution is 2.21. The van der Waals surface area contributed by atoms with Crippen LogP contribution in [0, 0.1) is 19.7 Å². The van der Waals surface area contributed by atoms with Crippen LogP contribution in [-0.4, -0.2) is 35.2 Å². The Morgan fingerprint density at radius 1 is 1.19 bits per heavy atom. The highest BCUT2D eigenvalue weighted by Gasteiger charge is 2.20. The van der Waals surface area contributed by atoms with E-state index >= 15 is 0 Å². The summed E-state index contributed by atoms with van der Waals surface area (Å²) in [5.41, 5.74) is 2.27. The van der Waals surface area contributed by atoms with Crippen molar-refractivity contribution in [3.63, 3.8) is 0 Å². The molecule has 11 heteroatoms. The molecule has 9 nitrogen and oxygen atoms in total. The molecule has 0 spiro atoms. The number of aryl methyl sites for hydroxylation is 2. The van der Waals surface area contributed by atoms with E-state index in [1.54, 1.807) is 38.4 Å². The van der Waals surface area contributed by atoms with Gasteiger partial charge in [-0.05, 0) is 38.5 Å². The number of halogens is 1. The van der Waals surface area contributed by atoms with Crippen LogP contribution in [0.25, 0.3) is 5.13 Å². The van der Waals surface area contributed by atoms with E-state index in [1.165, 1.54) is 27.7 Å². The Bertz CT molecular complexity index is 1310. The number of rotatable bonds is 6. The van der Waals surface area contributed by atoms with Gasteiger partial charge in [0.15, 0.2) is 5.13 Å². The van der Waals surface area contributed by atoms with Crippen molar-refractivity contribution in [2.45, 2.75) is 33.4 Å². The smallest absolute Gasteiger partial charge is 0.346 e. The van der Waals surface area contributed by atoms with Crippen LogP contribution in [0.15, 0.2) is 47.8 Å². The number of nitrogens with one attached hydrogen (secondary N) is 1. The molecule has 0 bridgehead atoms. The Kier molecular flexibility index (Phi) is 5.91. The van der Waals surface area contributed by atoms with Crippen LogP contribution < -0.4 is 11.0 Å². The third-order valence-corrected chi connectivity index (χ3v) is 6.03. The van der Waals surface area contributed by atoms with Gasteiger partial charge in [0.1, 0.15) is 17.0 Å². The normalized spacial score (nSPS) is 12.0. The number of carbonyl (C=O) groups excluding carboxylic acids is 1. The number of amides is 1. The highest BCUT2D eigenvalue weighted by molar-refractivity contribution is 7.16. The molecule has 32 heavy (non-hydrogen) atoms. The first-order chi connectivity index (χ1) is 15.3. The summed E-state index contributed by atoms with van der Waals surface area (Å²) in [7, 11) is 0. The zero-order chi connectivity index (χ0) is 22.8. The molecule has 1 unspecified atom stereocenters. The molecule has 1 N–H and O–H groups in total. The van der Waals surface area contributed by atoms with Gasteiger partial charge < -0.3 is 5.32 Å². The average Bonchev–Trinajstić information content (AvgIpc) is 3.35. The number of aromatic nitrogens is 6. The second-order valence-corrected chi connectivity index (χ2v) is 8.18. The molecule has 0 saturated heterocycles. The number of carbonyl (C=O) groups is 1. The highest BCUT2D eigenvalue weighted by atomic mass is 32.1. The van der Waals surface area contributed by atoms with Crippen LogP contribution in [0.1, 0.15) is 45.3 Å². The van der Waals surface area contributed by atoms with Crippen molar-refractivity contribution in [2.75, 3.05) is 0 Å². The summed E-state index contributed by atoms with van der Waals surface area (Å²) in [5, 5.41) is 7.31. The van der Waals surface area contributed by atoms with Gasteiger partial charge in [-0.2, -0.15) is 5.10 Å². The van der Waals surface area contributed by atoms with Gasteiger partial charge in [0, 0.05) is 6.20 Å². The van der Waals surface area contributed by atoms with Gasteiger partial charge in [-0.25, -0.2) is 23.4 Å². The van der Waals surface area contributed by atoms with Crippen molar-refractivity contribution in [1.82, 2.24) is 34.6 Å². The lowest BCUT2D eigenvalue weighted by Gasteiger charge is -2.10.